The van der Waals surface area contributed by atoms with Gasteiger partial charge in [0.05, 0.1) is 0 Å². The van der Waals surface area contributed by atoms with Crippen molar-refractivity contribution in [2.45, 2.75) is 26.3 Å². The van der Waals surface area contributed by atoms with E-state index >= 15 is 0 Å². The molecule has 0 saturated heterocycles. The number of benzene rings is 2. The molecule has 2 rings (SSSR count). The van der Waals surface area contributed by atoms with Crippen LogP contribution in [0.5, 0.6) is 0 Å². The maximum atomic E-state index is 6.42. The van der Waals surface area contributed by atoms with Crippen LogP contribution in [0.3, 0.4) is 0 Å². The first-order valence-corrected chi connectivity index (χ1v) is 7.66. The Labute approximate surface area is 130 Å². The van der Waals surface area contributed by atoms with Crippen molar-refractivity contribution in [2.75, 3.05) is 6.54 Å². The van der Waals surface area contributed by atoms with E-state index in [2.05, 4.69) is 31.3 Å². The Morgan fingerprint density at radius 2 is 1.65 bits per heavy atom. The molecule has 0 aliphatic rings. The van der Waals surface area contributed by atoms with Crippen molar-refractivity contribution in [3.63, 3.8) is 0 Å². The van der Waals surface area contributed by atoms with Gasteiger partial charge in [0.1, 0.15) is 0 Å². The van der Waals surface area contributed by atoms with E-state index in [-0.39, 0.29) is 6.04 Å². The SMILES string of the molecule is CCCNC(C)c1ccc(-c2ccc(Cl)cc2)cc1Cl. The summed E-state index contributed by atoms with van der Waals surface area (Å²) in [7, 11) is 0. The average molecular weight is 308 g/mol. The minimum Gasteiger partial charge on any atom is -0.310 e. The summed E-state index contributed by atoms with van der Waals surface area (Å²) in [4.78, 5) is 0. The fourth-order valence-electron chi connectivity index (χ4n) is 2.17. The molecule has 0 fully saturated rings. The molecule has 0 aliphatic carbocycles. The summed E-state index contributed by atoms with van der Waals surface area (Å²) in [5.41, 5.74) is 3.37. The summed E-state index contributed by atoms with van der Waals surface area (Å²) in [5.74, 6) is 0. The fourth-order valence-corrected chi connectivity index (χ4v) is 2.64. The van der Waals surface area contributed by atoms with E-state index in [1.807, 2.05) is 30.3 Å². The van der Waals surface area contributed by atoms with E-state index in [0.717, 1.165) is 39.7 Å². The Hall–Kier alpha value is -1.02. The lowest BCUT2D eigenvalue weighted by Gasteiger charge is -2.16. The molecule has 1 N–H and O–H groups in total. The Kier molecular flexibility index (Phi) is 5.47. The molecule has 1 atom stereocenters. The molecule has 0 amide bonds. The van der Waals surface area contributed by atoms with E-state index < -0.39 is 0 Å². The summed E-state index contributed by atoms with van der Waals surface area (Å²) >= 11 is 12.3. The molecule has 0 radical (unpaired) electrons. The Balaban J connectivity index is 2.23. The van der Waals surface area contributed by atoms with Crippen LogP contribution in [-0.4, -0.2) is 6.54 Å². The maximum absolute atomic E-state index is 6.42. The standard InChI is InChI=1S/C17H19Cl2N/c1-3-10-20-12(2)16-9-6-14(11-17(16)19)13-4-7-15(18)8-5-13/h4-9,11-12,20H,3,10H2,1-2H3. The van der Waals surface area contributed by atoms with Gasteiger partial charge < -0.3 is 5.32 Å². The van der Waals surface area contributed by atoms with Crippen LogP contribution in [0.1, 0.15) is 31.9 Å². The van der Waals surface area contributed by atoms with Gasteiger partial charge in [-0.3, -0.25) is 0 Å². The molecule has 1 unspecified atom stereocenters. The predicted molar refractivity (Wildman–Crippen MR) is 88.6 cm³/mol. The lowest BCUT2D eigenvalue weighted by Crippen LogP contribution is -2.19. The average Bonchev–Trinajstić information content (AvgIpc) is 2.45. The van der Waals surface area contributed by atoms with E-state index in [4.69, 9.17) is 23.2 Å². The third-order valence-electron chi connectivity index (χ3n) is 3.35. The minimum absolute atomic E-state index is 0.265. The van der Waals surface area contributed by atoms with E-state index in [1.165, 1.54) is 0 Å². The maximum Gasteiger partial charge on any atom is 0.0459 e. The molecular formula is C17H19Cl2N. The third kappa shape index (κ3) is 3.76. The van der Waals surface area contributed by atoms with Crippen molar-refractivity contribution >= 4 is 23.2 Å². The van der Waals surface area contributed by atoms with Crippen LogP contribution in [0, 0.1) is 0 Å². The van der Waals surface area contributed by atoms with Gasteiger partial charge in [0.2, 0.25) is 0 Å². The molecule has 2 aromatic rings. The number of nitrogens with one attached hydrogen (secondary N) is 1. The summed E-state index contributed by atoms with van der Waals surface area (Å²) in [6.07, 6.45) is 1.12. The number of hydrogen-bond donors (Lipinski definition) is 1. The summed E-state index contributed by atoms with van der Waals surface area (Å²) < 4.78 is 0. The zero-order valence-corrected chi connectivity index (χ0v) is 13.3. The zero-order valence-electron chi connectivity index (χ0n) is 11.8. The number of halogens is 2. The summed E-state index contributed by atoms with van der Waals surface area (Å²) in [6.45, 7) is 5.29. The molecule has 0 aliphatic heterocycles. The Morgan fingerprint density at radius 3 is 2.25 bits per heavy atom. The molecule has 3 heteroatoms. The first kappa shape index (κ1) is 15.4. The normalized spacial score (nSPS) is 12.4. The molecule has 0 spiro atoms. The topological polar surface area (TPSA) is 12.0 Å². The Bertz CT molecular complexity index is 564. The molecule has 0 bridgehead atoms. The van der Waals surface area contributed by atoms with Crippen molar-refractivity contribution in [3.8, 4) is 11.1 Å². The molecule has 0 heterocycles. The molecule has 0 saturated carbocycles. The van der Waals surface area contributed by atoms with Gasteiger partial charge in [0.25, 0.3) is 0 Å². The molecule has 1 nitrogen and oxygen atoms in total. The van der Waals surface area contributed by atoms with Crippen LogP contribution in [-0.2, 0) is 0 Å². The first-order valence-electron chi connectivity index (χ1n) is 6.90. The zero-order chi connectivity index (χ0) is 14.5. The van der Waals surface area contributed by atoms with Gasteiger partial charge in [-0.2, -0.15) is 0 Å². The van der Waals surface area contributed by atoms with Crippen LogP contribution in [0.25, 0.3) is 11.1 Å². The van der Waals surface area contributed by atoms with Crippen molar-refractivity contribution in [2.24, 2.45) is 0 Å². The van der Waals surface area contributed by atoms with Crippen molar-refractivity contribution in [1.29, 1.82) is 0 Å². The minimum atomic E-state index is 0.265. The highest BCUT2D eigenvalue weighted by Crippen LogP contribution is 2.29. The van der Waals surface area contributed by atoms with Crippen LogP contribution >= 0.6 is 23.2 Å². The third-order valence-corrected chi connectivity index (χ3v) is 3.92. The van der Waals surface area contributed by atoms with Gasteiger partial charge in [-0.1, -0.05) is 54.4 Å². The molecule has 20 heavy (non-hydrogen) atoms. The van der Waals surface area contributed by atoms with Crippen LogP contribution in [0.15, 0.2) is 42.5 Å². The second kappa shape index (κ2) is 7.12. The van der Waals surface area contributed by atoms with Crippen LogP contribution in [0.4, 0.5) is 0 Å². The second-order valence-corrected chi connectivity index (χ2v) is 5.76. The highest BCUT2D eigenvalue weighted by atomic mass is 35.5. The van der Waals surface area contributed by atoms with Crippen molar-refractivity contribution in [1.82, 2.24) is 5.32 Å². The van der Waals surface area contributed by atoms with Gasteiger partial charge in [-0.25, -0.2) is 0 Å². The van der Waals surface area contributed by atoms with Crippen LogP contribution in [0.2, 0.25) is 10.0 Å². The fraction of sp³-hybridized carbons (Fsp3) is 0.294. The molecular weight excluding hydrogens is 289 g/mol. The largest absolute Gasteiger partial charge is 0.310 e. The molecule has 106 valence electrons. The monoisotopic (exact) mass is 307 g/mol. The number of hydrogen-bond acceptors (Lipinski definition) is 1. The van der Waals surface area contributed by atoms with Gasteiger partial charge >= 0.3 is 0 Å². The lowest BCUT2D eigenvalue weighted by atomic mass is 10.0. The summed E-state index contributed by atoms with van der Waals surface area (Å²) in [6, 6.07) is 14.3. The van der Waals surface area contributed by atoms with Crippen molar-refractivity contribution in [3.05, 3.63) is 58.1 Å². The van der Waals surface area contributed by atoms with Crippen LogP contribution < -0.4 is 5.32 Å². The molecule has 2 aromatic carbocycles. The van der Waals surface area contributed by atoms with Gasteiger partial charge in [-0.05, 0) is 54.8 Å². The van der Waals surface area contributed by atoms with Gasteiger partial charge in [0, 0.05) is 16.1 Å². The lowest BCUT2D eigenvalue weighted by molar-refractivity contribution is 0.571. The van der Waals surface area contributed by atoms with E-state index in [1.54, 1.807) is 0 Å². The highest BCUT2D eigenvalue weighted by Gasteiger charge is 2.10. The second-order valence-electron chi connectivity index (χ2n) is 4.92. The quantitative estimate of drug-likeness (QED) is 0.744. The Morgan fingerprint density at radius 1 is 1.00 bits per heavy atom. The van der Waals surface area contributed by atoms with E-state index in [0.29, 0.717) is 0 Å². The van der Waals surface area contributed by atoms with Gasteiger partial charge in [-0.15, -0.1) is 0 Å². The highest BCUT2D eigenvalue weighted by molar-refractivity contribution is 6.31. The first-order chi connectivity index (χ1) is 9.61. The molecule has 0 aromatic heterocycles. The van der Waals surface area contributed by atoms with Crippen molar-refractivity contribution < 1.29 is 0 Å². The smallest absolute Gasteiger partial charge is 0.0459 e. The predicted octanol–water partition coefficient (Wildman–Crippen LogP) is 5.72. The van der Waals surface area contributed by atoms with Gasteiger partial charge in [0.15, 0.2) is 0 Å². The summed E-state index contributed by atoms with van der Waals surface area (Å²) in [5, 5.41) is 5.00. The number of rotatable bonds is 5. The van der Waals surface area contributed by atoms with E-state index in [9.17, 15) is 0 Å².